The molecular formula is C10H16ClN3O. The van der Waals surface area contributed by atoms with E-state index in [1.54, 1.807) is 0 Å². The molecule has 0 aromatic carbocycles. The first-order valence-electron chi connectivity index (χ1n) is 4.81. The average Bonchev–Trinajstić information content (AvgIpc) is 2.14. The van der Waals surface area contributed by atoms with Gasteiger partial charge in [-0.05, 0) is 5.41 Å². The maximum Gasteiger partial charge on any atom is 0.290 e. The van der Waals surface area contributed by atoms with Gasteiger partial charge < -0.3 is 10.3 Å². The molecule has 4 nitrogen and oxygen atoms in total. The van der Waals surface area contributed by atoms with Crippen molar-refractivity contribution in [2.75, 3.05) is 11.2 Å². The van der Waals surface area contributed by atoms with Gasteiger partial charge in [0.25, 0.3) is 5.56 Å². The molecule has 1 heterocycles. The lowest BCUT2D eigenvalue weighted by Crippen LogP contribution is -2.37. The summed E-state index contributed by atoms with van der Waals surface area (Å²) in [6.45, 7) is 6.18. The fourth-order valence-corrected chi connectivity index (χ4v) is 1.65. The van der Waals surface area contributed by atoms with Crippen LogP contribution in [0.15, 0.2) is 17.2 Å². The lowest BCUT2D eigenvalue weighted by atomic mass is 9.88. The molecule has 0 saturated heterocycles. The standard InChI is InChI=1S/C10H16ClN3O/c1-10(2,3)7(6-11)14-8-9(15)13-5-4-12-8/h4-5,7H,6H2,1-3H3,(H,12,14)(H,13,15). The number of aromatic nitrogens is 2. The summed E-state index contributed by atoms with van der Waals surface area (Å²) in [5, 5.41) is 3.05. The fraction of sp³-hybridized carbons (Fsp3) is 0.600. The molecule has 1 rings (SSSR count). The molecule has 0 bridgehead atoms. The Bertz CT molecular complexity index is 369. The second kappa shape index (κ2) is 4.66. The van der Waals surface area contributed by atoms with E-state index >= 15 is 0 Å². The lowest BCUT2D eigenvalue weighted by molar-refractivity contribution is 0.361. The van der Waals surface area contributed by atoms with Crippen LogP contribution in [0.1, 0.15) is 20.8 Å². The number of aromatic amines is 1. The van der Waals surface area contributed by atoms with E-state index < -0.39 is 0 Å². The Morgan fingerprint density at radius 2 is 2.27 bits per heavy atom. The second-order valence-electron chi connectivity index (χ2n) is 4.48. The summed E-state index contributed by atoms with van der Waals surface area (Å²) in [6, 6.07) is 0.00941. The van der Waals surface area contributed by atoms with Crippen molar-refractivity contribution >= 4 is 17.4 Å². The summed E-state index contributed by atoms with van der Waals surface area (Å²) < 4.78 is 0. The maximum absolute atomic E-state index is 11.4. The van der Waals surface area contributed by atoms with Crippen LogP contribution in [0.25, 0.3) is 0 Å². The molecule has 1 unspecified atom stereocenters. The number of nitrogens with one attached hydrogen (secondary N) is 2. The van der Waals surface area contributed by atoms with Crippen LogP contribution in [0.3, 0.4) is 0 Å². The molecule has 1 aromatic heterocycles. The van der Waals surface area contributed by atoms with Crippen LogP contribution in [0.4, 0.5) is 5.82 Å². The molecule has 0 saturated carbocycles. The van der Waals surface area contributed by atoms with E-state index in [2.05, 4.69) is 36.1 Å². The zero-order valence-corrected chi connectivity index (χ0v) is 9.93. The van der Waals surface area contributed by atoms with Gasteiger partial charge in [0.15, 0.2) is 5.82 Å². The summed E-state index contributed by atoms with van der Waals surface area (Å²) in [5.41, 5.74) is -0.247. The van der Waals surface area contributed by atoms with Crippen molar-refractivity contribution in [1.29, 1.82) is 0 Å². The van der Waals surface area contributed by atoms with Crippen LogP contribution in [0.2, 0.25) is 0 Å². The van der Waals surface area contributed by atoms with E-state index in [9.17, 15) is 4.79 Å². The van der Waals surface area contributed by atoms with Gasteiger partial charge in [-0.25, -0.2) is 4.98 Å². The molecule has 2 N–H and O–H groups in total. The van der Waals surface area contributed by atoms with Crippen molar-refractivity contribution in [2.24, 2.45) is 5.41 Å². The Morgan fingerprint density at radius 1 is 1.60 bits per heavy atom. The van der Waals surface area contributed by atoms with Crippen LogP contribution in [-0.4, -0.2) is 21.9 Å². The summed E-state index contributed by atoms with van der Waals surface area (Å²) in [7, 11) is 0. The highest BCUT2D eigenvalue weighted by Gasteiger charge is 2.24. The quantitative estimate of drug-likeness (QED) is 0.778. The lowest BCUT2D eigenvalue weighted by Gasteiger charge is -2.29. The van der Waals surface area contributed by atoms with E-state index in [0.717, 1.165) is 0 Å². The predicted molar refractivity (Wildman–Crippen MR) is 62.4 cm³/mol. The highest BCUT2D eigenvalue weighted by molar-refractivity contribution is 6.18. The molecule has 84 valence electrons. The first kappa shape index (κ1) is 12.0. The summed E-state index contributed by atoms with van der Waals surface area (Å²) >= 11 is 5.85. The Kier molecular flexibility index (Phi) is 3.74. The minimum Gasteiger partial charge on any atom is -0.361 e. The summed E-state index contributed by atoms with van der Waals surface area (Å²) in [4.78, 5) is 17.9. The monoisotopic (exact) mass is 229 g/mol. The molecule has 15 heavy (non-hydrogen) atoms. The first-order valence-corrected chi connectivity index (χ1v) is 5.35. The molecule has 0 aliphatic heterocycles. The van der Waals surface area contributed by atoms with Gasteiger partial charge in [0.1, 0.15) is 0 Å². The minimum atomic E-state index is -0.225. The van der Waals surface area contributed by atoms with Gasteiger partial charge in [0.05, 0.1) is 0 Å². The molecule has 1 atom stereocenters. The van der Waals surface area contributed by atoms with Gasteiger partial charge >= 0.3 is 0 Å². The van der Waals surface area contributed by atoms with E-state index in [1.807, 2.05) is 0 Å². The Hall–Kier alpha value is -1.03. The summed E-state index contributed by atoms with van der Waals surface area (Å²) in [5.74, 6) is 0.748. The highest BCUT2D eigenvalue weighted by atomic mass is 35.5. The van der Waals surface area contributed by atoms with E-state index in [-0.39, 0.29) is 17.0 Å². The SMILES string of the molecule is CC(C)(C)C(CCl)Nc1ncc[nH]c1=O. The van der Waals surface area contributed by atoms with Crippen LogP contribution in [0, 0.1) is 5.41 Å². The number of H-pyrrole nitrogens is 1. The third kappa shape index (κ3) is 3.23. The fourth-order valence-electron chi connectivity index (χ4n) is 1.11. The second-order valence-corrected chi connectivity index (χ2v) is 4.79. The van der Waals surface area contributed by atoms with Crippen molar-refractivity contribution in [3.8, 4) is 0 Å². The number of anilines is 1. The number of hydrogen-bond donors (Lipinski definition) is 2. The van der Waals surface area contributed by atoms with Gasteiger partial charge in [-0.1, -0.05) is 20.8 Å². The first-order chi connectivity index (χ1) is 6.95. The predicted octanol–water partition coefficient (Wildman–Crippen LogP) is 1.84. The topological polar surface area (TPSA) is 57.8 Å². The number of alkyl halides is 1. The van der Waals surface area contributed by atoms with Gasteiger partial charge in [-0.15, -0.1) is 11.6 Å². The Balaban J connectivity index is 2.85. The molecular weight excluding hydrogens is 214 g/mol. The molecule has 0 aliphatic rings. The summed E-state index contributed by atoms with van der Waals surface area (Å²) in [6.07, 6.45) is 3.04. The zero-order valence-electron chi connectivity index (χ0n) is 9.17. The van der Waals surface area contributed by atoms with E-state index in [4.69, 9.17) is 11.6 Å². The van der Waals surface area contributed by atoms with Crippen LogP contribution >= 0.6 is 11.6 Å². The van der Waals surface area contributed by atoms with Crippen LogP contribution < -0.4 is 10.9 Å². The molecule has 5 heteroatoms. The van der Waals surface area contributed by atoms with Gasteiger partial charge in [0.2, 0.25) is 0 Å². The van der Waals surface area contributed by atoms with Crippen molar-refractivity contribution < 1.29 is 0 Å². The van der Waals surface area contributed by atoms with Gasteiger partial charge in [0, 0.05) is 24.3 Å². The van der Waals surface area contributed by atoms with E-state index in [1.165, 1.54) is 12.4 Å². The zero-order chi connectivity index (χ0) is 11.5. The van der Waals surface area contributed by atoms with Crippen molar-refractivity contribution in [1.82, 2.24) is 9.97 Å². The third-order valence-corrected chi connectivity index (χ3v) is 2.53. The number of halogens is 1. The molecule has 0 spiro atoms. The van der Waals surface area contributed by atoms with Crippen molar-refractivity contribution in [3.63, 3.8) is 0 Å². The normalized spacial score (nSPS) is 13.6. The molecule has 0 amide bonds. The number of rotatable bonds is 3. The highest BCUT2D eigenvalue weighted by Crippen LogP contribution is 2.22. The number of nitrogens with zero attached hydrogens (tertiary/aromatic N) is 1. The Labute approximate surface area is 94.1 Å². The number of hydrogen-bond acceptors (Lipinski definition) is 3. The minimum absolute atomic E-state index is 0.00941. The Morgan fingerprint density at radius 3 is 2.73 bits per heavy atom. The maximum atomic E-state index is 11.4. The largest absolute Gasteiger partial charge is 0.361 e. The molecule has 0 fully saturated rings. The van der Waals surface area contributed by atoms with Crippen molar-refractivity contribution in [3.05, 3.63) is 22.7 Å². The van der Waals surface area contributed by atoms with Gasteiger partial charge in [-0.2, -0.15) is 0 Å². The van der Waals surface area contributed by atoms with Crippen LogP contribution in [0.5, 0.6) is 0 Å². The molecule has 0 aliphatic carbocycles. The smallest absolute Gasteiger partial charge is 0.290 e. The molecule has 1 aromatic rings. The van der Waals surface area contributed by atoms with Crippen molar-refractivity contribution in [2.45, 2.75) is 26.8 Å². The average molecular weight is 230 g/mol. The van der Waals surface area contributed by atoms with Gasteiger partial charge in [-0.3, -0.25) is 4.79 Å². The van der Waals surface area contributed by atoms with Crippen LogP contribution in [-0.2, 0) is 0 Å². The molecule has 0 radical (unpaired) electrons. The van der Waals surface area contributed by atoms with E-state index in [0.29, 0.717) is 11.7 Å². The third-order valence-electron chi connectivity index (χ3n) is 2.22.